The largest absolute Gasteiger partial charge is 0.507 e. The molecule has 1 amide bonds. The van der Waals surface area contributed by atoms with Crippen molar-refractivity contribution in [2.75, 3.05) is 40.9 Å². The summed E-state index contributed by atoms with van der Waals surface area (Å²) in [5, 5.41) is 11.3. The van der Waals surface area contributed by atoms with Crippen LogP contribution >= 0.6 is 0 Å². The van der Waals surface area contributed by atoms with E-state index < -0.39 is 17.7 Å². The zero-order chi connectivity index (χ0) is 25.0. The van der Waals surface area contributed by atoms with E-state index in [9.17, 15) is 14.7 Å². The molecule has 1 atom stereocenters. The molecule has 0 aliphatic carbocycles. The summed E-state index contributed by atoms with van der Waals surface area (Å²) < 4.78 is 11.1. The highest BCUT2D eigenvalue weighted by atomic mass is 16.5. The van der Waals surface area contributed by atoms with Gasteiger partial charge in [0.2, 0.25) is 0 Å². The quantitative estimate of drug-likeness (QED) is 0.342. The lowest BCUT2D eigenvalue weighted by Crippen LogP contribution is -2.35. The SMILES string of the molecule is COc1ccc(C2/C(=C(/O)c3ccc(OCC(C)C)c(C)c3)C(=O)C(=O)N2CCN(C)C)cc1. The number of benzene rings is 2. The Morgan fingerprint density at radius 1 is 1.12 bits per heavy atom. The maximum absolute atomic E-state index is 13.1. The number of carbonyl (C=O) groups is 2. The highest BCUT2D eigenvalue weighted by Crippen LogP contribution is 2.40. The zero-order valence-electron chi connectivity index (χ0n) is 20.8. The van der Waals surface area contributed by atoms with Gasteiger partial charge >= 0.3 is 0 Å². The van der Waals surface area contributed by atoms with Crippen molar-refractivity contribution >= 4 is 17.4 Å². The number of methoxy groups -OCH3 is 1. The molecule has 0 saturated carbocycles. The topological polar surface area (TPSA) is 79.3 Å². The van der Waals surface area contributed by atoms with Crippen LogP contribution in [0.15, 0.2) is 48.0 Å². The third-order valence-electron chi connectivity index (χ3n) is 5.78. The van der Waals surface area contributed by atoms with Gasteiger partial charge in [-0.3, -0.25) is 9.59 Å². The number of hydrogen-bond donors (Lipinski definition) is 1. The molecule has 182 valence electrons. The Hall–Kier alpha value is -3.32. The fraction of sp³-hybridized carbons (Fsp3) is 0.407. The molecule has 2 aromatic rings. The summed E-state index contributed by atoms with van der Waals surface area (Å²) in [6, 6.07) is 11.8. The fourth-order valence-corrected chi connectivity index (χ4v) is 3.92. The maximum atomic E-state index is 13.1. The molecular weight excluding hydrogens is 432 g/mol. The van der Waals surface area contributed by atoms with Gasteiger partial charge in [-0.2, -0.15) is 0 Å². The minimum absolute atomic E-state index is 0.0872. The first-order chi connectivity index (χ1) is 16.1. The number of carbonyl (C=O) groups excluding carboxylic acids is 2. The van der Waals surface area contributed by atoms with Crippen molar-refractivity contribution in [3.05, 3.63) is 64.7 Å². The Balaban J connectivity index is 2.06. The minimum atomic E-state index is -0.692. The number of amides is 1. The summed E-state index contributed by atoms with van der Waals surface area (Å²) in [6.07, 6.45) is 0. The van der Waals surface area contributed by atoms with Gasteiger partial charge in [-0.1, -0.05) is 26.0 Å². The highest BCUT2D eigenvalue weighted by molar-refractivity contribution is 6.46. The summed E-state index contributed by atoms with van der Waals surface area (Å²) in [7, 11) is 5.39. The van der Waals surface area contributed by atoms with Crippen LogP contribution in [0.4, 0.5) is 0 Å². The third kappa shape index (κ3) is 5.42. The van der Waals surface area contributed by atoms with E-state index in [4.69, 9.17) is 9.47 Å². The van der Waals surface area contributed by atoms with Crippen LogP contribution in [0.1, 0.15) is 36.6 Å². The Morgan fingerprint density at radius 2 is 1.79 bits per heavy atom. The summed E-state index contributed by atoms with van der Waals surface area (Å²) in [5.74, 6) is 0.290. The summed E-state index contributed by atoms with van der Waals surface area (Å²) in [5.41, 5.74) is 2.13. The number of Topliss-reactive ketones (excluding diaryl/α,β-unsaturated/α-hetero) is 1. The number of likely N-dealkylation sites (N-methyl/N-ethyl adjacent to an activating group) is 1. The van der Waals surface area contributed by atoms with Crippen molar-refractivity contribution in [2.24, 2.45) is 5.92 Å². The van der Waals surface area contributed by atoms with Crippen LogP contribution in [0.3, 0.4) is 0 Å². The molecule has 2 aromatic carbocycles. The molecule has 0 bridgehead atoms. The highest BCUT2D eigenvalue weighted by Gasteiger charge is 2.45. The lowest BCUT2D eigenvalue weighted by molar-refractivity contribution is -0.140. The number of ketones is 1. The number of aliphatic hydroxyl groups excluding tert-OH is 1. The first-order valence-corrected chi connectivity index (χ1v) is 11.4. The van der Waals surface area contributed by atoms with E-state index >= 15 is 0 Å². The van der Waals surface area contributed by atoms with E-state index in [1.54, 1.807) is 37.4 Å². The zero-order valence-corrected chi connectivity index (χ0v) is 20.8. The molecule has 0 aromatic heterocycles. The number of hydrogen-bond acceptors (Lipinski definition) is 6. The number of ether oxygens (including phenoxy) is 2. The molecular formula is C27H34N2O5. The second-order valence-electron chi connectivity index (χ2n) is 9.25. The van der Waals surface area contributed by atoms with E-state index in [1.165, 1.54) is 4.90 Å². The molecule has 7 heteroatoms. The normalized spacial score (nSPS) is 17.6. The number of rotatable bonds is 9. The standard InChI is InChI=1S/C27H34N2O5/c1-17(2)16-34-22-12-9-20(15-18(22)3)25(30)23-24(19-7-10-21(33-6)11-8-19)29(14-13-28(4)5)27(32)26(23)31/h7-12,15,17,24,30H,13-14,16H2,1-6H3/b25-23-. The van der Waals surface area contributed by atoms with Gasteiger partial charge in [-0.15, -0.1) is 0 Å². The Kier molecular flexibility index (Phi) is 7.99. The third-order valence-corrected chi connectivity index (χ3v) is 5.78. The van der Waals surface area contributed by atoms with Crippen LogP contribution in [0.2, 0.25) is 0 Å². The number of nitrogens with zero attached hydrogens (tertiary/aromatic N) is 2. The van der Waals surface area contributed by atoms with E-state index in [1.807, 2.05) is 38.1 Å². The molecule has 3 rings (SSSR count). The van der Waals surface area contributed by atoms with Crippen LogP contribution in [0, 0.1) is 12.8 Å². The molecule has 1 aliphatic heterocycles. The number of aliphatic hydroxyl groups is 1. The predicted molar refractivity (Wildman–Crippen MR) is 132 cm³/mol. The van der Waals surface area contributed by atoms with Crippen LogP contribution in [0.5, 0.6) is 11.5 Å². The van der Waals surface area contributed by atoms with Gasteiger partial charge in [0.1, 0.15) is 17.3 Å². The van der Waals surface area contributed by atoms with E-state index in [-0.39, 0.29) is 11.3 Å². The van der Waals surface area contributed by atoms with Crippen LogP contribution in [-0.2, 0) is 9.59 Å². The Morgan fingerprint density at radius 3 is 2.35 bits per heavy atom. The summed E-state index contributed by atoms with van der Waals surface area (Å²) in [4.78, 5) is 29.6. The lowest BCUT2D eigenvalue weighted by Gasteiger charge is -2.26. The van der Waals surface area contributed by atoms with Gasteiger partial charge in [0.05, 0.1) is 25.3 Å². The van der Waals surface area contributed by atoms with Gasteiger partial charge in [0.25, 0.3) is 11.7 Å². The number of aryl methyl sites for hydroxylation is 1. The van der Waals surface area contributed by atoms with Crippen LogP contribution in [-0.4, -0.2) is 67.5 Å². The Labute approximate surface area is 201 Å². The molecule has 1 aliphatic rings. The van der Waals surface area contributed by atoms with Crippen LogP contribution in [0.25, 0.3) is 5.76 Å². The fourth-order valence-electron chi connectivity index (χ4n) is 3.92. The van der Waals surface area contributed by atoms with Gasteiger partial charge in [0.15, 0.2) is 0 Å². The molecule has 1 unspecified atom stereocenters. The molecule has 34 heavy (non-hydrogen) atoms. The Bertz CT molecular complexity index is 1070. The first-order valence-electron chi connectivity index (χ1n) is 11.4. The molecule has 1 fully saturated rings. The van der Waals surface area contributed by atoms with Gasteiger partial charge in [-0.05, 0) is 68.4 Å². The summed E-state index contributed by atoms with van der Waals surface area (Å²) >= 11 is 0. The summed E-state index contributed by atoms with van der Waals surface area (Å²) in [6.45, 7) is 7.56. The van der Waals surface area contributed by atoms with E-state index in [0.29, 0.717) is 36.9 Å². The van der Waals surface area contributed by atoms with Crippen molar-refractivity contribution in [3.63, 3.8) is 0 Å². The van der Waals surface area contributed by atoms with Crippen molar-refractivity contribution in [3.8, 4) is 11.5 Å². The van der Waals surface area contributed by atoms with Gasteiger partial charge < -0.3 is 24.4 Å². The molecule has 1 heterocycles. The predicted octanol–water partition coefficient (Wildman–Crippen LogP) is 4.02. The molecule has 7 nitrogen and oxygen atoms in total. The smallest absolute Gasteiger partial charge is 0.295 e. The average Bonchev–Trinajstić information content (AvgIpc) is 3.06. The van der Waals surface area contributed by atoms with E-state index in [2.05, 4.69) is 13.8 Å². The van der Waals surface area contributed by atoms with E-state index in [0.717, 1.165) is 16.9 Å². The van der Waals surface area contributed by atoms with Crippen molar-refractivity contribution < 1.29 is 24.2 Å². The first kappa shape index (κ1) is 25.3. The van der Waals surface area contributed by atoms with Crippen LogP contribution < -0.4 is 9.47 Å². The van der Waals surface area contributed by atoms with Gasteiger partial charge in [0, 0.05) is 18.7 Å². The molecule has 1 saturated heterocycles. The van der Waals surface area contributed by atoms with Crippen molar-refractivity contribution in [2.45, 2.75) is 26.8 Å². The maximum Gasteiger partial charge on any atom is 0.295 e. The molecule has 0 radical (unpaired) electrons. The second kappa shape index (κ2) is 10.7. The minimum Gasteiger partial charge on any atom is -0.507 e. The second-order valence-corrected chi connectivity index (χ2v) is 9.25. The van der Waals surface area contributed by atoms with Crippen molar-refractivity contribution in [1.82, 2.24) is 9.80 Å². The van der Waals surface area contributed by atoms with Crippen molar-refractivity contribution in [1.29, 1.82) is 0 Å². The molecule has 0 spiro atoms. The molecule has 1 N–H and O–H groups in total. The number of likely N-dealkylation sites (tertiary alicyclic amines) is 1. The monoisotopic (exact) mass is 466 g/mol. The van der Waals surface area contributed by atoms with Gasteiger partial charge in [-0.25, -0.2) is 0 Å². The lowest BCUT2D eigenvalue weighted by atomic mass is 9.94. The average molecular weight is 467 g/mol.